The van der Waals surface area contributed by atoms with Crippen molar-refractivity contribution in [3.05, 3.63) is 63.7 Å². The quantitative estimate of drug-likeness (QED) is 0.769. The third-order valence-electron chi connectivity index (χ3n) is 3.31. The Kier molecular flexibility index (Phi) is 3.95. The maximum Gasteiger partial charge on any atom is 0.346 e. The molecule has 0 aliphatic heterocycles. The average Bonchev–Trinajstić information content (AvgIpc) is 2.94. The van der Waals surface area contributed by atoms with E-state index in [0.717, 1.165) is 0 Å². The Bertz CT molecular complexity index is 977. The fourth-order valence-electron chi connectivity index (χ4n) is 2.14. The maximum atomic E-state index is 13.4. The number of hydrogen-bond acceptors (Lipinski definition) is 5. The van der Waals surface area contributed by atoms with Crippen molar-refractivity contribution in [2.75, 3.05) is 5.32 Å². The molecule has 0 saturated carbocycles. The van der Waals surface area contributed by atoms with E-state index in [1.807, 2.05) is 0 Å². The van der Waals surface area contributed by atoms with Gasteiger partial charge in [0.15, 0.2) is 5.82 Å². The van der Waals surface area contributed by atoms with Crippen LogP contribution in [0.25, 0.3) is 11.3 Å². The van der Waals surface area contributed by atoms with Crippen LogP contribution in [0.3, 0.4) is 0 Å². The lowest BCUT2D eigenvalue weighted by Gasteiger charge is -2.05. The lowest BCUT2D eigenvalue weighted by Crippen LogP contribution is -2.21. The summed E-state index contributed by atoms with van der Waals surface area (Å²) >= 11 is 0. The number of carbonyl (C=O) groups excluding carboxylic acids is 1. The molecular weight excluding hydrogens is 315 g/mol. The third kappa shape index (κ3) is 3.22. The highest BCUT2D eigenvalue weighted by atomic mass is 19.1. The second-order valence-corrected chi connectivity index (χ2v) is 5.23. The highest BCUT2D eigenvalue weighted by Gasteiger charge is 2.13. The van der Waals surface area contributed by atoms with Crippen molar-refractivity contribution in [2.24, 2.45) is 0 Å². The molecule has 3 aromatic rings. The summed E-state index contributed by atoms with van der Waals surface area (Å²) in [6.07, 6.45) is 0. The van der Waals surface area contributed by atoms with Gasteiger partial charge in [-0.05, 0) is 43.7 Å². The summed E-state index contributed by atoms with van der Waals surface area (Å²) in [5.74, 6) is -0.156. The van der Waals surface area contributed by atoms with Crippen molar-refractivity contribution in [3.8, 4) is 11.3 Å². The molecule has 0 saturated heterocycles. The Hall–Kier alpha value is -3.29. The van der Waals surface area contributed by atoms with E-state index in [4.69, 9.17) is 4.52 Å². The van der Waals surface area contributed by atoms with Gasteiger partial charge in [0, 0.05) is 11.6 Å². The Morgan fingerprint density at radius 3 is 2.71 bits per heavy atom. The van der Waals surface area contributed by atoms with Crippen LogP contribution < -0.4 is 11.0 Å². The van der Waals surface area contributed by atoms with Gasteiger partial charge in [0.25, 0.3) is 5.91 Å². The van der Waals surface area contributed by atoms with E-state index < -0.39 is 11.6 Å². The molecule has 0 fully saturated rings. The van der Waals surface area contributed by atoms with Crippen molar-refractivity contribution in [3.63, 3.8) is 0 Å². The van der Waals surface area contributed by atoms with E-state index in [1.165, 1.54) is 18.2 Å². The molecule has 8 heteroatoms. The van der Waals surface area contributed by atoms with Crippen molar-refractivity contribution in [1.82, 2.24) is 15.1 Å². The van der Waals surface area contributed by atoms with Crippen LogP contribution in [0.2, 0.25) is 0 Å². The maximum absolute atomic E-state index is 13.4. The van der Waals surface area contributed by atoms with Gasteiger partial charge >= 0.3 is 5.69 Å². The minimum Gasteiger partial charge on any atom is -0.360 e. The number of aryl methyl sites for hydroxylation is 2. The topological polar surface area (TPSA) is 101 Å². The average molecular weight is 328 g/mol. The molecule has 122 valence electrons. The van der Waals surface area contributed by atoms with E-state index in [0.29, 0.717) is 16.9 Å². The third-order valence-corrected chi connectivity index (χ3v) is 3.31. The van der Waals surface area contributed by atoms with Gasteiger partial charge in [-0.3, -0.25) is 4.79 Å². The second-order valence-electron chi connectivity index (χ2n) is 5.23. The number of carbonyl (C=O) groups is 1. The first kappa shape index (κ1) is 15.6. The fourth-order valence-corrected chi connectivity index (χ4v) is 2.14. The van der Waals surface area contributed by atoms with Gasteiger partial charge in [-0.1, -0.05) is 5.16 Å². The predicted octanol–water partition coefficient (Wildman–Crippen LogP) is 2.43. The standard InChI is InChI=1S/C16H13FN4O3/c1-8-5-10(3-4-11(8)17)12-7-13(19-16(23)18-12)15(22)20-14-6-9(2)24-21-14/h3-7H,1-2H3,(H,18,19,23)(H,20,21,22). The van der Waals surface area contributed by atoms with E-state index in [1.54, 1.807) is 26.0 Å². The summed E-state index contributed by atoms with van der Waals surface area (Å²) in [6.45, 7) is 3.29. The van der Waals surface area contributed by atoms with Gasteiger partial charge < -0.3 is 14.8 Å². The van der Waals surface area contributed by atoms with Crippen LogP contribution in [0, 0.1) is 19.7 Å². The van der Waals surface area contributed by atoms with Crippen LogP contribution in [-0.2, 0) is 0 Å². The van der Waals surface area contributed by atoms with Gasteiger partial charge in [0.05, 0.1) is 5.69 Å². The normalized spacial score (nSPS) is 10.6. The molecule has 3 rings (SSSR count). The molecule has 0 atom stereocenters. The summed E-state index contributed by atoms with van der Waals surface area (Å²) in [5, 5.41) is 6.15. The molecule has 7 nitrogen and oxygen atoms in total. The second kappa shape index (κ2) is 6.07. The van der Waals surface area contributed by atoms with E-state index in [9.17, 15) is 14.0 Å². The molecule has 0 aliphatic carbocycles. The largest absolute Gasteiger partial charge is 0.360 e. The van der Waals surface area contributed by atoms with Crippen LogP contribution in [0.15, 0.2) is 39.6 Å². The van der Waals surface area contributed by atoms with Crippen molar-refractivity contribution < 1.29 is 13.7 Å². The molecular formula is C16H13FN4O3. The van der Waals surface area contributed by atoms with Crippen LogP contribution in [0.1, 0.15) is 21.8 Å². The number of halogens is 1. The summed E-state index contributed by atoms with van der Waals surface area (Å²) in [5.41, 5.74) is 0.539. The number of nitrogens with zero attached hydrogens (tertiary/aromatic N) is 2. The number of H-pyrrole nitrogens is 1. The fraction of sp³-hybridized carbons (Fsp3) is 0.125. The van der Waals surface area contributed by atoms with Crippen molar-refractivity contribution in [1.29, 1.82) is 0 Å². The van der Waals surface area contributed by atoms with Gasteiger partial charge in [-0.2, -0.15) is 4.98 Å². The first-order chi connectivity index (χ1) is 11.4. The Morgan fingerprint density at radius 2 is 2.04 bits per heavy atom. The van der Waals surface area contributed by atoms with Gasteiger partial charge in [0.1, 0.15) is 17.3 Å². The van der Waals surface area contributed by atoms with Gasteiger partial charge in [-0.15, -0.1) is 0 Å². The first-order valence-electron chi connectivity index (χ1n) is 7.05. The highest BCUT2D eigenvalue weighted by Crippen LogP contribution is 2.20. The molecule has 2 heterocycles. The molecule has 0 bridgehead atoms. The van der Waals surface area contributed by atoms with Gasteiger partial charge in [0.2, 0.25) is 0 Å². The first-order valence-corrected chi connectivity index (χ1v) is 7.05. The zero-order chi connectivity index (χ0) is 17.3. The number of nitrogens with one attached hydrogen (secondary N) is 2. The van der Waals surface area contributed by atoms with Crippen LogP contribution in [0.4, 0.5) is 10.2 Å². The lowest BCUT2D eigenvalue weighted by molar-refractivity contribution is 0.102. The number of aromatic nitrogens is 3. The van der Waals surface area contributed by atoms with E-state index in [-0.39, 0.29) is 23.0 Å². The Balaban J connectivity index is 1.95. The SMILES string of the molecule is Cc1cc(NC(=O)c2cc(-c3ccc(F)c(C)c3)nc(=O)[nH]2)no1. The van der Waals surface area contributed by atoms with Gasteiger partial charge in [-0.25, -0.2) is 9.18 Å². The summed E-state index contributed by atoms with van der Waals surface area (Å²) in [4.78, 5) is 30.2. The summed E-state index contributed by atoms with van der Waals surface area (Å²) in [7, 11) is 0. The minimum absolute atomic E-state index is 0.00707. The van der Waals surface area contributed by atoms with Crippen LogP contribution in [-0.4, -0.2) is 21.0 Å². The zero-order valence-corrected chi connectivity index (χ0v) is 12.9. The molecule has 1 aromatic carbocycles. The number of rotatable bonds is 3. The molecule has 2 N–H and O–H groups in total. The molecule has 0 spiro atoms. The van der Waals surface area contributed by atoms with E-state index >= 15 is 0 Å². The number of aromatic amines is 1. The molecule has 0 aliphatic rings. The number of anilines is 1. The Labute approximate surface area is 135 Å². The molecule has 1 amide bonds. The van der Waals surface area contributed by atoms with Crippen molar-refractivity contribution >= 4 is 11.7 Å². The zero-order valence-electron chi connectivity index (χ0n) is 12.9. The highest BCUT2D eigenvalue weighted by molar-refractivity contribution is 6.02. The molecule has 24 heavy (non-hydrogen) atoms. The monoisotopic (exact) mass is 328 g/mol. The smallest absolute Gasteiger partial charge is 0.346 e. The predicted molar refractivity (Wildman–Crippen MR) is 84.2 cm³/mol. The van der Waals surface area contributed by atoms with Crippen molar-refractivity contribution in [2.45, 2.75) is 13.8 Å². The number of benzene rings is 1. The number of amides is 1. The minimum atomic E-state index is -0.684. The van der Waals surface area contributed by atoms with Crippen LogP contribution in [0.5, 0.6) is 0 Å². The van der Waals surface area contributed by atoms with E-state index in [2.05, 4.69) is 20.4 Å². The summed E-state index contributed by atoms with van der Waals surface area (Å²) < 4.78 is 18.2. The lowest BCUT2D eigenvalue weighted by atomic mass is 10.1. The molecule has 0 radical (unpaired) electrons. The Morgan fingerprint density at radius 1 is 1.25 bits per heavy atom. The molecule has 0 unspecified atom stereocenters. The van der Waals surface area contributed by atoms with Crippen LogP contribution >= 0.6 is 0 Å². The number of hydrogen-bond donors (Lipinski definition) is 2. The summed E-state index contributed by atoms with van der Waals surface area (Å²) in [6, 6.07) is 7.29. The molecule has 2 aromatic heterocycles.